The molecule has 0 aliphatic rings. The van der Waals surface area contributed by atoms with E-state index in [0.717, 1.165) is 0 Å². The van der Waals surface area contributed by atoms with Gasteiger partial charge in [-0.05, 0) is 13.8 Å². The van der Waals surface area contributed by atoms with E-state index in [2.05, 4.69) is 15.3 Å². The van der Waals surface area contributed by atoms with Crippen molar-refractivity contribution in [2.45, 2.75) is 26.5 Å². The van der Waals surface area contributed by atoms with Crippen molar-refractivity contribution in [1.82, 2.24) is 19.1 Å². The van der Waals surface area contributed by atoms with E-state index in [0.29, 0.717) is 18.1 Å². The van der Waals surface area contributed by atoms with Crippen LogP contribution in [0.1, 0.15) is 13.8 Å². The number of anilines is 1. The van der Waals surface area contributed by atoms with Gasteiger partial charge in [0, 0.05) is 13.6 Å². The molecule has 0 saturated carbocycles. The minimum atomic E-state index is -0.633. The Balaban J connectivity index is 2.81. The Kier molecular flexibility index (Phi) is 3.43. The summed E-state index contributed by atoms with van der Waals surface area (Å²) < 4.78 is 2.86. The molecule has 104 valence electrons. The maximum Gasteiger partial charge on any atom is 0.329 e. The van der Waals surface area contributed by atoms with Gasteiger partial charge in [0.2, 0.25) is 5.95 Å². The van der Waals surface area contributed by atoms with Gasteiger partial charge >= 0.3 is 5.69 Å². The van der Waals surface area contributed by atoms with Gasteiger partial charge in [-0.2, -0.15) is 4.98 Å². The maximum absolute atomic E-state index is 11.9. The van der Waals surface area contributed by atoms with Gasteiger partial charge in [-0.3, -0.25) is 14.3 Å². The van der Waals surface area contributed by atoms with Crippen LogP contribution in [0.3, 0.4) is 0 Å². The fourth-order valence-corrected chi connectivity index (χ4v) is 1.97. The van der Waals surface area contributed by atoms with Crippen molar-refractivity contribution < 1.29 is 5.11 Å². The van der Waals surface area contributed by atoms with Crippen LogP contribution in [0.15, 0.2) is 9.59 Å². The number of aromatic nitrogens is 4. The van der Waals surface area contributed by atoms with Gasteiger partial charge in [0.05, 0.1) is 12.6 Å². The number of aromatic amines is 1. The van der Waals surface area contributed by atoms with Crippen LogP contribution in [0.5, 0.6) is 0 Å². The number of nitrogens with zero attached hydrogens (tertiary/aromatic N) is 3. The highest BCUT2D eigenvalue weighted by Crippen LogP contribution is 2.15. The molecule has 0 bridgehead atoms. The number of fused-ring (bicyclic) bond motifs is 1. The molecule has 8 nitrogen and oxygen atoms in total. The lowest BCUT2D eigenvalue weighted by atomic mass is 10.4. The number of hydrogen-bond donors (Lipinski definition) is 3. The molecule has 0 saturated heterocycles. The summed E-state index contributed by atoms with van der Waals surface area (Å²) in [5.74, 6) is 0.463. The fraction of sp³-hybridized carbons (Fsp3) is 0.545. The molecule has 0 aromatic carbocycles. The van der Waals surface area contributed by atoms with Crippen molar-refractivity contribution in [3.8, 4) is 0 Å². The number of hydrogen-bond acceptors (Lipinski definition) is 5. The monoisotopic (exact) mass is 267 g/mol. The largest absolute Gasteiger partial charge is 0.392 e. The van der Waals surface area contributed by atoms with E-state index in [1.54, 1.807) is 11.5 Å². The smallest absolute Gasteiger partial charge is 0.329 e. The number of aryl methyl sites for hydroxylation is 1. The van der Waals surface area contributed by atoms with Crippen LogP contribution in [0.4, 0.5) is 5.95 Å². The summed E-state index contributed by atoms with van der Waals surface area (Å²) >= 11 is 0. The lowest BCUT2D eigenvalue weighted by molar-refractivity contribution is 0.175. The number of aliphatic hydroxyl groups is 1. The van der Waals surface area contributed by atoms with Gasteiger partial charge < -0.3 is 15.0 Å². The summed E-state index contributed by atoms with van der Waals surface area (Å²) in [6.45, 7) is 4.36. The van der Waals surface area contributed by atoms with Gasteiger partial charge in [0.15, 0.2) is 11.2 Å². The highest BCUT2D eigenvalue weighted by molar-refractivity contribution is 5.74. The first-order chi connectivity index (χ1) is 8.95. The normalized spacial score (nSPS) is 12.8. The van der Waals surface area contributed by atoms with Crippen molar-refractivity contribution in [3.05, 3.63) is 20.8 Å². The summed E-state index contributed by atoms with van der Waals surface area (Å²) in [7, 11) is 1.54. The summed E-state index contributed by atoms with van der Waals surface area (Å²) in [4.78, 5) is 30.0. The van der Waals surface area contributed by atoms with Crippen LogP contribution in [0.25, 0.3) is 11.2 Å². The number of H-pyrrole nitrogens is 1. The van der Waals surface area contributed by atoms with E-state index < -0.39 is 17.4 Å². The van der Waals surface area contributed by atoms with E-state index in [9.17, 15) is 14.7 Å². The second-order valence-electron chi connectivity index (χ2n) is 4.42. The molecule has 0 unspecified atom stereocenters. The van der Waals surface area contributed by atoms with Crippen LogP contribution in [0, 0.1) is 0 Å². The molecular weight excluding hydrogens is 250 g/mol. The Labute approximate surface area is 108 Å². The zero-order chi connectivity index (χ0) is 14.2. The second-order valence-corrected chi connectivity index (χ2v) is 4.42. The highest BCUT2D eigenvalue weighted by Gasteiger charge is 2.17. The van der Waals surface area contributed by atoms with Crippen molar-refractivity contribution in [2.24, 2.45) is 7.05 Å². The summed E-state index contributed by atoms with van der Waals surface area (Å²) in [6.07, 6.45) is -0.633. The number of aliphatic hydroxyl groups excluding tert-OH is 1. The zero-order valence-electron chi connectivity index (χ0n) is 11.1. The predicted octanol–water partition coefficient (Wildman–Crippen LogP) is -0.764. The molecule has 0 amide bonds. The molecule has 19 heavy (non-hydrogen) atoms. The Morgan fingerprint density at radius 2 is 2.16 bits per heavy atom. The molecule has 8 heteroatoms. The molecule has 1 atom stereocenters. The van der Waals surface area contributed by atoms with Crippen LogP contribution in [0.2, 0.25) is 0 Å². The van der Waals surface area contributed by atoms with E-state index in [-0.39, 0.29) is 12.1 Å². The van der Waals surface area contributed by atoms with Crippen LogP contribution in [-0.2, 0) is 13.6 Å². The van der Waals surface area contributed by atoms with E-state index >= 15 is 0 Å². The molecule has 0 spiro atoms. The first-order valence-electron chi connectivity index (χ1n) is 6.07. The molecule has 0 aliphatic heterocycles. The lowest BCUT2D eigenvalue weighted by Crippen LogP contribution is -2.29. The van der Waals surface area contributed by atoms with Gasteiger partial charge in [-0.1, -0.05) is 0 Å². The van der Waals surface area contributed by atoms with Crippen molar-refractivity contribution >= 4 is 17.1 Å². The Hall–Kier alpha value is -2.09. The first kappa shape index (κ1) is 13.3. The average Bonchev–Trinajstić information content (AvgIpc) is 2.66. The van der Waals surface area contributed by atoms with Crippen LogP contribution < -0.4 is 16.6 Å². The minimum absolute atomic E-state index is 0.222. The van der Waals surface area contributed by atoms with Crippen molar-refractivity contribution in [1.29, 1.82) is 0 Å². The third-order valence-corrected chi connectivity index (χ3v) is 2.79. The minimum Gasteiger partial charge on any atom is -0.392 e. The number of rotatable bonds is 4. The molecule has 2 aromatic rings. The number of imidazole rings is 1. The maximum atomic E-state index is 11.9. The summed E-state index contributed by atoms with van der Waals surface area (Å²) in [6, 6.07) is 0. The van der Waals surface area contributed by atoms with Gasteiger partial charge in [0.25, 0.3) is 5.56 Å². The standard InChI is InChI=1S/C11H17N5O3/c1-4-12-10-13-8-7(16(10)5-6(2)17)9(18)14-11(19)15(8)3/h6,17H,4-5H2,1-3H3,(H,12,13)(H,14,18,19)/t6-/m0/s1. The Morgan fingerprint density at radius 1 is 1.47 bits per heavy atom. The van der Waals surface area contributed by atoms with E-state index in [1.807, 2.05) is 6.92 Å². The first-order valence-corrected chi connectivity index (χ1v) is 6.07. The predicted molar refractivity (Wildman–Crippen MR) is 71.4 cm³/mol. The molecular formula is C11H17N5O3. The molecule has 2 rings (SSSR count). The van der Waals surface area contributed by atoms with E-state index in [1.165, 1.54) is 11.6 Å². The SMILES string of the molecule is CCNc1nc2c(c(=O)[nH]c(=O)n2C)n1C[C@H](C)O. The summed E-state index contributed by atoms with van der Waals surface area (Å²) in [5.41, 5.74) is -0.443. The van der Waals surface area contributed by atoms with Crippen molar-refractivity contribution in [2.75, 3.05) is 11.9 Å². The Morgan fingerprint density at radius 3 is 2.74 bits per heavy atom. The quantitative estimate of drug-likeness (QED) is 0.675. The van der Waals surface area contributed by atoms with Gasteiger partial charge in [-0.25, -0.2) is 4.79 Å². The third-order valence-electron chi connectivity index (χ3n) is 2.79. The fourth-order valence-electron chi connectivity index (χ4n) is 1.97. The molecule has 2 aromatic heterocycles. The molecule has 2 heterocycles. The van der Waals surface area contributed by atoms with Gasteiger partial charge in [0.1, 0.15) is 0 Å². The van der Waals surface area contributed by atoms with Crippen LogP contribution in [-0.4, -0.2) is 36.9 Å². The molecule has 0 aliphatic carbocycles. The lowest BCUT2D eigenvalue weighted by Gasteiger charge is -2.10. The van der Waals surface area contributed by atoms with Gasteiger partial charge in [-0.15, -0.1) is 0 Å². The third kappa shape index (κ3) is 2.26. The van der Waals surface area contributed by atoms with Crippen molar-refractivity contribution in [3.63, 3.8) is 0 Å². The topological polar surface area (TPSA) is 105 Å². The van der Waals surface area contributed by atoms with Crippen LogP contribution >= 0.6 is 0 Å². The highest BCUT2D eigenvalue weighted by atomic mass is 16.3. The van der Waals surface area contributed by atoms with E-state index in [4.69, 9.17) is 0 Å². The Bertz CT molecular complexity index is 709. The number of nitrogens with one attached hydrogen (secondary N) is 2. The summed E-state index contributed by atoms with van der Waals surface area (Å²) in [5, 5.41) is 12.6. The molecule has 0 radical (unpaired) electrons. The second kappa shape index (κ2) is 4.88. The molecule has 3 N–H and O–H groups in total. The average molecular weight is 267 g/mol. The molecule has 0 fully saturated rings. The zero-order valence-corrected chi connectivity index (χ0v) is 11.1.